The van der Waals surface area contributed by atoms with Crippen molar-refractivity contribution in [1.29, 1.82) is 0 Å². The smallest absolute Gasteiger partial charge is 0.264 e. The molecule has 2 aromatic rings. The Morgan fingerprint density at radius 2 is 1.77 bits per heavy atom. The van der Waals surface area contributed by atoms with Crippen molar-refractivity contribution in [2.45, 2.75) is 17.7 Å². The van der Waals surface area contributed by atoms with Gasteiger partial charge >= 0.3 is 0 Å². The monoisotopic (exact) mass is 468 g/mol. The Kier molecular flexibility index (Phi) is 7.36. The molecule has 0 unspecified atom stereocenters. The van der Waals surface area contributed by atoms with Crippen LogP contribution in [0.2, 0.25) is 10.0 Å². The first-order valence-corrected chi connectivity index (χ1v) is 11.5. The molecular weight excluding hydrogens is 447 g/mol. The van der Waals surface area contributed by atoms with Gasteiger partial charge in [0.25, 0.3) is 15.9 Å². The number of benzene rings is 2. The van der Waals surface area contributed by atoms with Crippen molar-refractivity contribution in [3.63, 3.8) is 0 Å². The number of amides is 1. The molecule has 30 heavy (non-hydrogen) atoms. The van der Waals surface area contributed by atoms with Gasteiger partial charge in [-0.1, -0.05) is 47.5 Å². The number of piperidine rings is 1. The first-order valence-electron chi connectivity index (χ1n) is 9.33. The number of anilines is 1. The molecule has 7 nitrogen and oxygen atoms in total. The van der Waals surface area contributed by atoms with Gasteiger partial charge in [0, 0.05) is 31.6 Å². The maximum absolute atomic E-state index is 13.3. The minimum atomic E-state index is -4.06. The fourth-order valence-electron chi connectivity index (χ4n) is 3.00. The molecule has 1 fully saturated rings. The Bertz CT molecular complexity index is 1040. The molecule has 160 valence electrons. The number of hydrogen-bond donors (Lipinski definition) is 1. The molecule has 0 radical (unpaired) electrons. The molecule has 3 rings (SSSR count). The number of carbonyl (C=O) groups is 1. The summed E-state index contributed by atoms with van der Waals surface area (Å²) >= 11 is 12.4. The molecule has 10 heteroatoms. The van der Waals surface area contributed by atoms with Crippen molar-refractivity contribution < 1.29 is 13.2 Å². The van der Waals surface area contributed by atoms with Crippen LogP contribution < -0.4 is 9.73 Å². The van der Waals surface area contributed by atoms with E-state index in [0.29, 0.717) is 0 Å². The van der Waals surface area contributed by atoms with Crippen molar-refractivity contribution in [3.05, 3.63) is 58.6 Å². The van der Waals surface area contributed by atoms with E-state index in [1.165, 1.54) is 18.2 Å². The van der Waals surface area contributed by atoms with Gasteiger partial charge in [-0.2, -0.15) is 5.10 Å². The Morgan fingerprint density at radius 3 is 2.43 bits per heavy atom. The lowest BCUT2D eigenvalue weighted by molar-refractivity contribution is -0.119. The fraction of sp³-hybridized carbons (Fsp3) is 0.300. The summed E-state index contributed by atoms with van der Waals surface area (Å²) in [6.07, 6.45) is 1.51. The van der Waals surface area contributed by atoms with E-state index in [2.05, 4.69) is 15.4 Å². The van der Waals surface area contributed by atoms with Crippen LogP contribution in [0.4, 0.5) is 5.69 Å². The summed E-state index contributed by atoms with van der Waals surface area (Å²) in [5.41, 5.74) is 3.47. The van der Waals surface area contributed by atoms with Gasteiger partial charge in [0.1, 0.15) is 6.54 Å². The van der Waals surface area contributed by atoms with Crippen molar-refractivity contribution in [1.82, 2.24) is 10.3 Å². The third-order valence-electron chi connectivity index (χ3n) is 4.72. The second-order valence-corrected chi connectivity index (χ2v) is 9.56. The number of halogens is 2. The maximum Gasteiger partial charge on any atom is 0.264 e. The van der Waals surface area contributed by atoms with Crippen LogP contribution in [-0.4, -0.2) is 51.6 Å². The lowest BCUT2D eigenvalue weighted by atomic mass is 10.1. The molecule has 0 spiro atoms. The van der Waals surface area contributed by atoms with Crippen molar-refractivity contribution >= 4 is 50.5 Å². The highest BCUT2D eigenvalue weighted by Gasteiger charge is 2.29. The predicted molar refractivity (Wildman–Crippen MR) is 120 cm³/mol. The average molecular weight is 469 g/mol. The van der Waals surface area contributed by atoms with Gasteiger partial charge in [-0.25, -0.2) is 13.8 Å². The number of hydrazone groups is 1. The lowest BCUT2D eigenvalue weighted by Gasteiger charge is -2.25. The molecule has 1 aliphatic heterocycles. The van der Waals surface area contributed by atoms with Gasteiger partial charge in [-0.3, -0.25) is 9.10 Å². The summed E-state index contributed by atoms with van der Waals surface area (Å²) in [5, 5.41) is 4.41. The minimum absolute atomic E-state index is 0.0375. The van der Waals surface area contributed by atoms with E-state index in [4.69, 9.17) is 23.2 Å². The zero-order valence-electron chi connectivity index (χ0n) is 16.4. The average Bonchev–Trinajstić information content (AvgIpc) is 2.74. The number of rotatable bonds is 6. The molecular formula is C20H22Cl2N4O3S. The first kappa shape index (κ1) is 22.6. The molecule has 1 amide bonds. The number of sulfonamides is 1. The number of likely N-dealkylation sites (tertiary alicyclic amines) is 1. The number of nitrogens with zero attached hydrogens (tertiary/aromatic N) is 3. The molecule has 1 saturated heterocycles. The van der Waals surface area contributed by atoms with Crippen LogP contribution in [-0.2, 0) is 14.8 Å². The Labute approximate surface area is 186 Å². The highest BCUT2D eigenvalue weighted by atomic mass is 35.5. The van der Waals surface area contributed by atoms with E-state index in [9.17, 15) is 13.2 Å². The van der Waals surface area contributed by atoms with Gasteiger partial charge < -0.3 is 4.90 Å². The van der Waals surface area contributed by atoms with E-state index in [0.717, 1.165) is 35.9 Å². The quantitative estimate of drug-likeness (QED) is 0.658. The van der Waals surface area contributed by atoms with Crippen LogP contribution in [0.5, 0.6) is 0 Å². The normalized spacial score (nSPS) is 15.0. The van der Waals surface area contributed by atoms with Crippen LogP contribution in [0.3, 0.4) is 0 Å². The SMILES string of the molecule is CN1CCC(=NNC(=O)CN(c2cccc(Cl)c2Cl)S(=O)(=O)c2ccccc2)CC1. The number of nitrogens with one attached hydrogen (secondary N) is 1. The molecule has 0 atom stereocenters. The van der Waals surface area contributed by atoms with Gasteiger partial charge in [-0.15, -0.1) is 0 Å². The van der Waals surface area contributed by atoms with E-state index in [-0.39, 0.29) is 20.6 Å². The second kappa shape index (κ2) is 9.78. The lowest BCUT2D eigenvalue weighted by Crippen LogP contribution is -2.40. The maximum atomic E-state index is 13.3. The Hall–Kier alpha value is -2.13. The fourth-order valence-corrected chi connectivity index (χ4v) is 4.90. The third-order valence-corrected chi connectivity index (χ3v) is 7.30. The minimum Gasteiger partial charge on any atom is -0.306 e. The van der Waals surface area contributed by atoms with Crippen molar-refractivity contribution in [2.24, 2.45) is 5.10 Å². The summed E-state index contributed by atoms with van der Waals surface area (Å²) in [7, 11) is -2.04. The molecule has 1 N–H and O–H groups in total. The second-order valence-electron chi connectivity index (χ2n) is 6.91. The Morgan fingerprint density at radius 1 is 1.10 bits per heavy atom. The van der Waals surface area contributed by atoms with Gasteiger partial charge in [0.2, 0.25) is 0 Å². The van der Waals surface area contributed by atoms with Crippen LogP contribution in [0.15, 0.2) is 58.5 Å². The van der Waals surface area contributed by atoms with Crippen LogP contribution in [0.25, 0.3) is 0 Å². The summed E-state index contributed by atoms with van der Waals surface area (Å²) < 4.78 is 27.5. The van der Waals surface area contributed by atoms with E-state index in [1.54, 1.807) is 30.3 Å². The molecule has 2 aromatic carbocycles. The third kappa shape index (κ3) is 5.31. The Balaban J connectivity index is 1.88. The van der Waals surface area contributed by atoms with Gasteiger partial charge in [0.05, 0.1) is 20.6 Å². The van der Waals surface area contributed by atoms with E-state index >= 15 is 0 Å². The standard InChI is InChI=1S/C20H22Cl2N4O3S/c1-25-12-10-15(11-13-25)23-24-19(27)14-26(18-9-5-8-17(21)20(18)22)30(28,29)16-6-3-2-4-7-16/h2-9H,10-14H2,1H3,(H,24,27). The first-order chi connectivity index (χ1) is 14.3. The summed E-state index contributed by atoms with van der Waals surface area (Å²) in [6, 6.07) is 12.5. The van der Waals surface area contributed by atoms with Gasteiger partial charge in [-0.05, 0) is 31.3 Å². The summed E-state index contributed by atoms with van der Waals surface area (Å²) in [6.45, 7) is 1.23. The highest BCUT2D eigenvalue weighted by Crippen LogP contribution is 2.35. The van der Waals surface area contributed by atoms with Crippen LogP contribution in [0, 0.1) is 0 Å². The van der Waals surface area contributed by atoms with E-state index in [1.807, 2.05) is 7.05 Å². The molecule has 0 aromatic heterocycles. The van der Waals surface area contributed by atoms with Crippen molar-refractivity contribution in [2.75, 3.05) is 31.0 Å². The number of carbonyl (C=O) groups excluding carboxylic acids is 1. The predicted octanol–water partition coefficient (Wildman–Crippen LogP) is 3.39. The molecule has 0 aliphatic carbocycles. The summed E-state index contributed by atoms with van der Waals surface area (Å²) in [4.78, 5) is 14.8. The van der Waals surface area contributed by atoms with E-state index < -0.39 is 22.5 Å². The molecule has 1 heterocycles. The topological polar surface area (TPSA) is 82.1 Å². The van der Waals surface area contributed by atoms with Gasteiger partial charge in [0.15, 0.2) is 0 Å². The van der Waals surface area contributed by atoms with Crippen LogP contribution in [0.1, 0.15) is 12.8 Å². The molecule has 1 aliphatic rings. The number of hydrogen-bond acceptors (Lipinski definition) is 5. The highest BCUT2D eigenvalue weighted by molar-refractivity contribution is 7.92. The zero-order chi connectivity index (χ0) is 21.7. The molecule has 0 bridgehead atoms. The zero-order valence-corrected chi connectivity index (χ0v) is 18.7. The summed E-state index contributed by atoms with van der Waals surface area (Å²) in [5.74, 6) is -0.572. The largest absolute Gasteiger partial charge is 0.306 e. The van der Waals surface area contributed by atoms with Crippen molar-refractivity contribution in [3.8, 4) is 0 Å². The van der Waals surface area contributed by atoms with Crippen LogP contribution >= 0.6 is 23.2 Å². The molecule has 0 saturated carbocycles.